The molecule has 0 aliphatic carbocycles. The number of carbonyl (C=O) groups excluding carboxylic acids is 3. The van der Waals surface area contributed by atoms with E-state index in [4.69, 9.17) is 4.74 Å². The lowest BCUT2D eigenvalue weighted by atomic mass is 10.2. The number of imide groups is 1. The predicted octanol–water partition coefficient (Wildman–Crippen LogP) is 1.72. The average molecular weight is 379 g/mol. The molecule has 1 fully saturated rings. The molecule has 1 N–H and O–H groups in total. The molecule has 0 spiro atoms. The standard InChI is InChI=1S/C18H25N3O4S/c1-4-25-14-7-5-13(6-8-14)11-20(2)16(22)12-21-17(23)15(9-10-26-3)19-18(21)24/h5-8,15H,4,9-12H2,1-3H3,(H,19,24). The van der Waals surface area contributed by atoms with Crippen molar-refractivity contribution < 1.29 is 19.1 Å². The Morgan fingerprint density at radius 1 is 1.31 bits per heavy atom. The molecule has 2 rings (SSSR count). The fraction of sp³-hybridized carbons (Fsp3) is 0.500. The molecular formula is C18H25N3O4S. The Morgan fingerprint density at radius 3 is 2.62 bits per heavy atom. The van der Waals surface area contributed by atoms with Crippen LogP contribution >= 0.6 is 11.8 Å². The summed E-state index contributed by atoms with van der Waals surface area (Å²) in [4.78, 5) is 39.2. The second-order valence-electron chi connectivity index (χ2n) is 6.03. The lowest BCUT2D eigenvalue weighted by Crippen LogP contribution is -2.41. The minimum Gasteiger partial charge on any atom is -0.494 e. The van der Waals surface area contributed by atoms with Crippen LogP contribution in [0.4, 0.5) is 4.79 Å². The van der Waals surface area contributed by atoms with Gasteiger partial charge in [0.25, 0.3) is 5.91 Å². The number of nitrogens with zero attached hydrogens (tertiary/aromatic N) is 2. The van der Waals surface area contributed by atoms with E-state index in [1.165, 1.54) is 4.90 Å². The summed E-state index contributed by atoms with van der Waals surface area (Å²) >= 11 is 1.61. The largest absolute Gasteiger partial charge is 0.494 e. The molecule has 1 aliphatic rings. The number of hydrogen-bond acceptors (Lipinski definition) is 5. The normalized spacial score (nSPS) is 16.6. The fourth-order valence-corrected chi connectivity index (χ4v) is 3.11. The van der Waals surface area contributed by atoms with Crippen LogP contribution < -0.4 is 10.1 Å². The molecule has 1 unspecified atom stereocenters. The smallest absolute Gasteiger partial charge is 0.325 e. The Balaban J connectivity index is 1.90. The Morgan fingerprint density at radius 2 is 2.00 bits per heavy atom. The van der Waals surface area contributed by atoms with Crippen LogP contribution in [-0.2, 0) is 16.1 Å². The van der Waals surface area contributed by atoms with E-state index in [2.05, 4.69) is 5.32 Å². The van der Waals surface area contributed by atoms with Crippen molar-refractivity contribution in [2.45, 2.75) is 25.9 Å². The van der Waals surface area contributed by atoms with Gasteiger partial charge in [0.15, 0.2) is 0 Å². The van der Waals surface area contributed by atoms with Gasteiger partial charge in [-0.25, -0.2) is 4.79 Å². The van der Waals surface area contributed by atoms with E-state index in [0.29, 0.717) is 19.6 Å². The number of amides is 4. The molecule has 1 heterocycles. The zero-order chi connectivity index (χ0) is 19.1. The molecular weight excluding hydrogens is 354 g/mol. The third kappa shape index (κ3) is 5.14. The summed E-state index contributed by atoms with van der Waals surface area (Å²) < 4.78 is 5.39. The van der Waals surface area contributed by atoms with E-state index in [0.717, 1.165) is 22.0 Å². The monoisotopic (exact) mass is 379 g/mol. The van der Waals surface area contributed by atoms with Crippen molar-refractivity contribution in [3.8, 4) is 5.75 Å². The van der Waals surface area contributed by atoms with E-state index in [9.17, 15) is 14.4 Å². The average Bonchev–Trinajstić information content (AvgIpc) is 2.89. The number of carbonyl (C=O) groups is 3. The molecule has 1 saturated heterocycles. The molecule has 142 valence electrons. The van der Waals surface area contributed by atoms with Crippen LogP contribution in [0.3, 0.4) is 0 Å². The van der Waals surface area contributed by atoms with Gasteiger partial charge < -0.3 is 15.0 Å². The van der Waals surface area contributed by atoms with Crippen molar-refractivity contribution in [1.29, 1.82) is 0 Å². The highest BCUT2D eigenvalue weighted by Gasteiger charge is 2.38. The third-order valence-corrected chi connectivity index (χ3v) is 4.73. The fourth-order valence-electron chi connectivity index (χ4n) is 2.63. The highest BCUT2D eigenvalue weighted by Crippen LogP contribution is 2.15. The molecule has 4 amide bonds. The molecule has 1 aromatic rings. The maximum Gasteiger partial charge on any atom is 0.325 e. The van der Waals surface area contributed by atoms with Crippen molar-refractivity contribution in [3.05, 3.63) is 29.8 Å². The van der Waals surface area contributed by atoms with Gasteiger partial charge in [0.05, 0.1) is 6.61 Å². The van der Waals surface area contributed by atoms with Crippen molar-refractivity contribution in [1.82, 2.24) is 15.1 Å². The van der Waals surface area contributed by atoms with E-state index >= 15 is 0 Å². The number of rotatable bonds is 9. The minimum absolute atomic E-state index is 0.242. The van der Waals surface area contributed by atoms with Crippen LogP contribution in [0.25, 0.3) is 0 Å². The predicted molar refractivity (Wildman–Crippen MR) is 101 cm³/mol. The number of benzene rings is 1. The molecule has 0 radical (unpaired) electrons. The van der Waals surface area contributed by atoms with Crippen LogP contribution in [0.15, 0.2) is 24.3 Å². The van der Waals surface area contributed by atoms with Gasteiger partial charge in [0.1, 0.15) is 18.3 Å². The van der Waals surface area contributed by atoms with E-state index in [-0.39, 0.29) is 18.4 Å². The summed E-state index contributed by atoms with van der Waals surface area (Å²) in [6.45, 7) is 2.67. The molecule has 8 heteroatoms. The summed E-state index contributed by atoms with van der Waals surface area (Å²) in [5, 5.41) is 2.64. The van der Waals surface area contributed by atoms with Crippen LogP contribution in [0.5, 0.6) is 5.75 Å². The molecule has 26 heavy (non-hydrogen) atoms. The second kappa shape index (κ2) is 9.47. The number of hydrogen-bond donors (Lipinski definition) is 1. The number of nitrogens with one attached hydrogen (secondary N) is 1. The van der Waals surface area contributed by atoms with Crippen LogP contribution in [0.1, 0.15) is 18.9 Å². The lowest BCUT2D eigenvalue weighted by molar-refractivity contribution is -0.136. The molecule has 0 bridgehead atoms. The quantitative estimate of drug-likeness (QED) is 0.661. The number of ether oxygens (including phenoxy) is 1. The van der Waals surface area contributed by atoms with E-state index in [1.807, 2.05) is 37.4 Å². The van der Waals surface area contributed by atoms with Gasteiger partial charge in [0.2, 0.25) is 5.91 Å². The molecule has 1 aliphatic heterocycles. The Kier molecular flexibility index (Phi) is 7.32. The number of urea groups is 1. The first-order valence-corrected chi connectivity index (χ1v) is 9.92. The van der Waals surface area contributed by atoms with Gasteiger partial charge in [0, 0.05) is 13.6 Å². The maximum absolute atomic E-state index is 12.4. The van der Waals surface area contributed by atoms with Crippen LogP contribution in [0, 0.1) is 0 Å². The highest BCUT2D eigenvalue weighted by atomic mass is 32.2. The Labute approximate surface area is 158 Å². The van der Waals surface area contributed by atoms with Crippen molar-refractivity contribution in [3.63, 3.8) is 0 Å². The first-order chi connectivity index (χ1) is 12.5. The molecule has 0 saturated carbocycles. The summed E-state index contributed by atoms with van der Waals surface area (Å²) in [6.07, 6.45) is 2.51. The number of likely N-dealkylation sites (N-methyl/N-ethyl adjacent to an activating group) is 1. The first-order valence-electron chi connectivity index (χ1n) is 8.52. The molecule has 1 atom stereocenters. The summed E-state index contributed by atoms with van der Waals surface area (Å²) in [5.74, 6) is 0.941. The second-order valence-corrected chi connectivity index (χ2v) is 7.02. The highest BCUT2D eigenvalue weighted by molar-refractivity contribution is 7.98. The van der Waals surface area contributed by atoms with Gasteiger partial charge in [-0.05, 0) is 43.0 Å². The topological polar surface area (TPSA) is 79.0 Å². The van der Waals surface area contributed by atoms with Crippen LogP contribution in [0.2, 0.25) is 0 Å². The zero-order valence-corrected chi connectivity index (χ0v) is 16.2. The van der Waals surface area contributed by atoms with Crippen LogP contribution in [-0.4, -0.2) is 65.9 Å². The van der Waals surface area contributed by atoms with Gasteiger partial charge in [-0.3, -0.25) is 14.5 Å². The van der Waals surface area contributed by atoms with Crippen molar-refractivity contribution in [2.24, 2.45) is 0 Å². The van der Waals surface area contributed by atoms with Crippen molar-refractivity contribution in [2.75, 3.05) is 32.2 Å². The summed E-state index contributed by atoms with van der Waals surface area (Å²) in [6, 6.07) is 6.46. The minimum atomic E-state index is -0.529. The van der Waals surface area contributed by atoms with Crippen molar-refractivity contribution >= 4 is 29.6 Å². The van der Waals surface area contributed by atoms with Gasteiger partial charge in [-0.2, -0.15) is 11.8 Å². The number of thioether (sulfide) groups is 1. The zero-order valence-electron chi connectivity index (χ0n) is 15.4. The van der Waals surface area contributed by atoms with Gasteiger partial charge in [-0.15, -0.1) is 0 Å². The summed E-state index contributed by atoms with van der Waals surface area (Å²) in [7, 11) is 1.66. The Bertz CT molecular complexity index is 650. The summed E-state index contributed by atoms with van der Waals surface area (Å²) in [5.41, 5.74) is 0.944. The SMILES string of the molecule is CCOc1ccc(CN(C)C(=O)CN2C(=O)NC(CCSC)C2=O)cc1. The van der Waals surface area contributed by atoms with E-state index < -0.39 is 12.1 Å². The Hall–Kier alpha value is -2.22. The maximum atomic E-state index is 12.4. The first kappa shape index (κ1) is 20.1. The van der Waals surface area contributed by atoms with Gasteiger partial charge >= 0.3 is 6.03 Å². The van der Waals surface area contributed by atoms with Gasteiger partial charge in [-0.1, -0.05) is 12.1 Å². The lowest BCUT2D eigenvalue weighted by Gasteiger charge is -2.20. The third-order valence-electron chi connectivity index (χ3n) is 4.09. The molecule has 1 aromatic carbocycles. The molecule has 7 nitrogen and oxygen atoms in total. The van der Waals surface area contributed by atoms with E-state index in [1.54, 1.807) is 18.8 Å². The molecule has 0 aromatic heterocycles.